The molecule has 0 aliphatic heterocycles. The molecule has 1 N–H and O–H groups in total. The second-order valence-corrected chi connectivity index (χ2v) is 4.33. The fraction of sp³-hybridized carbons (Fsp3) is 0.167. The lowest BCUT2D eigenvalue weighted by molar-refractivity contribution is 0.0600. The maximum atomic E-state index is 11.6. The van der Waals surface area contributed by atoms with Gasteiger partial charge in [-0.2, -0.15) is 15.6 Å². The van der Waals surface area contributed by atoms with Gasteiger partial charge in [-0.05, 0) is 24.6 Å². The molecule has 0 saturated heterocycles. The number of ether oxygens (including phenoxy) is 1. The van der Waals surface area contributed by atoms with Crippen LogP contribution in [0.5, 0.6) is 0 Å². The van der Waals surface area contributed by atoms with Gasteiger partial charge in [-0.3, -0.25) is 5.43 Å². The maximum absolute atomic E-state index is 11.6. The molecule has 0 heterocycles. The van der Waals surface area contributed by atoms with Crippen molar-refractivity contribution in [2.75, 3.05) is 12.5 Å². The second kappa shape index (κ2) is 6.53. The van der Waals surface area contributed by atoms with Crippen molar-refractivity contribution in [3.63, 3.8) is 0 Å². The highest BCUT2D eigenvalue weighted by atomic mass is 79.9. The van der Waals surface area contributed by atoms with E-state index in [2.05, 4.69) is 31.2 Å². The zero-order chi connectivity index (χ0) is 14.4. The number of carbonyl (C=O) groups is 1. The van der Waals surface area contributed by atoms with Gasteiger partial charge in [0.1, 0.15) is 12.1 Å². The smallest absolute Gasteiger partial charge is 0.338 e. The van der Waals surface area contributed by atoms with Crippen LogP contribution in [-0.4, -0.2) is 18.8 Å². The van der Waals surface area contributed by atoms with Gasteiger partial charge in [0, 0.05) is 4.47 Å². The molecular formula is C12H9BrN4O2. The molecule has 7 heteroatoms. The molecule has 6 nitrogen and oxygen atoms in total. The van der Waals surface area contributed by atoms with Crippen LogP contribution in [0.3, 0.4) is 0 Å². The first-order valence-corrected chi connectivity index (χ1v) is 5.85. The van der Waals surface area contributed by atoms with Crippen molar-refractivity contribution in [3.05, 3.63) is 27.7 Å². The van der Waals surface area contributed by atoms with Crippen LogP contribution in [0.25, 0.3) is 0 Å². The molecule has 0 aliphatic rings. The summed E-state index contributed by atoms with van der Waals surface area (Å²) in [5, 5.41) is 20.8. The molecule has 1 aromatic rings. The molecule has 0 atom stereocenters. The van der Waals surface area contributed by atoms with Crippen LogP contribution in [0.15, 0.2) is 21.7 Å². The number of nitriles is 2. The van der Waals surface area contributed by atoms with E-state index in [1.54, 1.807) is 31.2 Å². The first kappa shape index (κ1) is 14.7. The third kappa shape index (κ3) is 3.54. The Morgan fingerprint density at radius 3 is 2.58 bits per heavy atom. The normalized spacial score (nSPS) is 8.89. The number of nitrogens with one attached hydrogen (secondary N) is 1. The van der Waals surface area contributed by atoms with Crippen molar-refractivity contribution >= 4 is 33.3 Å². The number of anilines is 1. The minimum Gasteiger partial charge on any atom is -0.465 e. The number of benzene rings is 1. The van der Waals surface area contributed by atoms with Gasteiger partial charge in [0.15, 0.2) is 0 Å². The van der Waals surface area contributed by atoms with Crippen LogP contribution in [0.1, 0.15) is 15.9 Å². The largest absolute Gasteiger partial charge is 0.465 e. The van der Waals surface area contributed by atoms with Gasteiger partial charge in [-0.25, -0.2) is 4.79 Å². The highest BCUT2D eigenvalue weighted by Crippen LogP contribution is 2.25. The Balaban J connectivity index is 3.20. The third-order valence-electron chi connectivity index (χ3n) is 2.28. The molecule has 0 radical (unpaired) electrons. The monoisotopic (exact) mass is 320 g/mol. The Hall–Kier alpha value is -2.38. The summed E-state index contributed by atoms with van der Waals surface area (Å²) in [6, 6.07) is 6.55. The number of carbonyl (C=O) groups excluding carboxylic acids is 1. The Morgan fingerprint density at radius 1 is 1.42 bits per heavy atom. The van der Waals surface area contributed by atoms with E-state index in [0.29, 0.717) is 21.3 Å². The molecule has 0 aromatic heterocycles. The highest BCUT2D eigenvalue weighted by molar-refractivity contribution is 9.10. The summed E-state index contributed by atoms with van der Waals surface area (Å²) in [5.41, 5.74) is 3.74. The molecule has 0 bridgehead atoms. The van der Waals surface area contributed by atoms with Gasteiger partial charge >= 0.3 is 5.97 Å². The quantitative estimate of drug-likeness (QED) is 0.523. The van der Waals surface area contributed by atoms with Crippen LogP contribution in [0, 0.1) is 29.6 Å². The zero-order valence-corrected chi connectivity index (χ0v) is 11.8. The first-order valence-electron chi connectivity index (χ1n) is 5.05. The van der Waals surface area contributed by atoms with E-state index in [1.807, 2.05) is 0 Å². The average molecular weight is 321 g/mol. The van der Waals surface area contributed by atoms with E-state index >= 15 is 0 Å². The molecule has 1 rings (SSSR count). The molecule has 19 heavy (non-hydrogen) atoms. The predicted octanol–water partition coefficient (Wildman–Crippen LogP) is 2.36. The van der Waals surface area contributed by atoms with Crippen LogP contribution in [0.4, 0.5) is 5.69 Å². The van der Waals surface area contributed by atoms with Crippen molar-refractivity contribution in [1.29, 1.82) is 10.5 Å². The number of hydrogen-bond donors (Lipinski definition) is 1. The molecule has 0 unspecified atom stereocenters. The summed E-state index contributed by atoms with van der Waals surface area (Å²) in [4.78, 5) is 11.6. The molecule has 0 amide bonds. The fourth-order valence-corrected chi connectivity index (χ4v) is 1.77. The zero-order valence-electron chi connectivity index (χ0n) is 10.2. The Kier molecular flexibility index (Phi) is 5.04. The molecule has 0 aliphatic carbocycles. The van der Waals surface area contributed by atoms with Gasteiger partial charge in [-0.1, -0.05) is 15.9 Å². The number of hydrazone groups is 1. The molecular weight excluding hydrogens is 312 g/mol. The lowest BCUT2D eigenvalue weighted by Crippen LogP contribution is -2.06. The predicted molar refractivity (Wildman–Crippen MR) is 72.5 cm³/mol. The SMILES string of the molecule is COC(=O)c1cc(Br)cc(NN=C(C#N)C#N)c1C. The van der Waals surface area contributed by atoms with Crippen molar-refractivity contribution in [1.82, 2.24) is 0 Å². The molecule has 0 spiro atoms. The Morgan fingerprint density at radius 2 is 2.05 bits per heavy atom. The standard InChI is InChI=1S/C12H9BrN4O2/c1-7-10(12(18)19-2)3-8(13)4-11(7)17-16-9(5-14)6-15/h3-4,17H,1-2H3. The van der Waals surface area contributed by atoms with E-state index in [9.17, 15) is 4.79 Å². The van der Waals surface area contributed by atoms with Crippen molar-refractivity contribution < 1.29 is 9.53 Å². The van der Waals surface area contributed by atoms with Crippen LogP contribution in [-0.2, 0) is 4.74 Å². The van der Waals surface area contributed by atoms with Gasteiger partial charge in [0.2, 0.25) is 5.71 Å². The summed E-state index contributed by atoms with van der Waals surface area (Å²) in [5.74, 6) is -0.480. The van der Waals surface area contributed by atoms with Crippen LogP contribution >= 0.6 is 15.9 Å². The minimum absolute atomic E-state index is 0.306. The maximum Gasteiger partial charge on any atom is 0.338 e. The van der Waals surface area contributed by atoms with Gasteiger partial charge < -0.3 is 4.74 Å². The van der Waals surface area contributed by atoms with Gasteiger partial charge in [0.25, 0.3) is 0 Å². The lowest BCUT2D eigenvalue weighted by Gasteiger charge is -2.10. The summed E-state index contributed by atoms with van der Waals surface area (Å²) < 4.78 is 5.31. The van der Waals surface area contributed by atoms with Crippen molar-refractivity contribution in [2.45, 2.75) is 6.92 Å². The summed E-state index contributed by atoms with van der Waals surface area (Å²) in [6.07, 6.45) is 0. The average Bonchev–Trinajstić information content (AvgIpc) is 2.42. The topological polar surface area (TPSA) is 98.3 Å². The molecule has 96 valence electrons. The van der Waals surface area contributed by atoms with Crippen LogP contribution < -0.4 is 5.43 Å². The third-order valence-corrected chi connectivity index (χ3v) is 2.74. The van der Waals surface area contributed by atoms with E-state index in [-0.39, 0.29) is 5.71 Å². The number of nitrogens with zero attached hydrogens (tertiary/aromatic N) is 3. The van der Waals surface area contributed by atoms with Crippen molar-refractivity contribution in [2.24, 2.45) is 5.10 Å². The second-order valence-electron chi connectivity index (χ2n) is 3.41. The Bertz CT molecular complexity index is 610. The van der Waals surface area contributed by atoms with E-state index in [1.165, 1.54) is 7.11 Å². The number of halogens is 1. The van der Waals surface area contributed by atoms with E-state index in [0.717, 1.165) is 0 Å². The number of esters is 1. The van der Waals surface area contributed by atoms with Gasteiger partial charge in [0.05, 0.1) is 18.4 Å². The number of rotatable bonds is 3. The summed E-state index contributed by atoms with van der Waals surface area (Å²) in [6.45, 7) is 1.70. The molecule has 0 saturated carbocycles. The molecule has 0 fully saturated rings. The molecule has 1 aromatic carbocycles. The van der Waals surface area contributed by atoms with E-state index in [4.69, 9.17) is 10.5 Å². The van der Waals surface area contributed by atoms with Crippen LogP contribution in [0.2, 0.25) is 0 Å². The van der Waals surface area contributed by atoms with Gasteiger partial charge in [-0.15, -0.1) is 0 Å². The lowest BCUT2D eigenvalue weighted by atomic mass is 10.1. The highest BCUT2D eigenvalue weighted by Gasteiger charge is 2.13. The number of hydrogen-bond acceptors (Lipinski definition) is 6. The van der Waals surface area contributed by atoms with E-state index < -0.39 is 5.97 Å². The Labute approximate surface area is 118 Å². The number of methoxy groups -OCH3 is 1. The first-order chi connectivity index (χ1) is 9.03. The fourth-order valence-electron chi connectivity index (χ4n) is 1.31. The minimum atomic E-state index is -0.480. The summed E-state index contributed by atoms with van der Waals surface area (Å²) >= 11 is 3.26. The summed E-state index contributed by atoms with van der Waals surface area (Å²) in [7, 11) is 1.29. The van der Waals surface area contributed by atoms with Crippen molar-refractivity contribution in [3.8, 4) is 12.1 Å².